The Morgan fingerprint density at radius 3 is 2.08 bits per heavy atom. The fourth-order valence-electron chi connectivity index (χ4n) is 0.701. The molecule has 1 heterocycles. The molecule has 0 atom stereocenters. The molecule has 8 nitrogen and oxygen atoms in total. The summed E-state index contributed by atoms with van der Waals surface area (Å²) < 4.78 is 21.4. The average molecular weight is 228 g/mol. The van der Waals surface area contributed by atoms with Gasteiger partial charge >= 0.3 is 15.3 Å². The van der Waals surface area contributed by atoms with Gasteiger partial charge in [0, 0.05) is 12.4 Å². The molecule has 0 aliphatic carbocycles. The highest BCUT2D eigenvalue weighted by molar-refractivity contribution is 7.61. The molecule has 0 bridgehead atoms. The van der Waals surface area contributed by atoms with E-state index < -0.39 is 20.9 Å². The minimum absolute atomic E-state index is 0.147. The molecule has 0 unspecified atom stereocenters. The number of aromatic nitrogens is 2. The SMILES string of the molecule is O=P(O)(O)c1nccn1P(=O)(O)O. The molecule has 1 rings (SSSR count). The van der Waals surface area contributed by atoms with Crippen molar-refractivity contribution >= 4 is 20.9 Å². The zero-order chi connectivity index (χ0) is 10.3. The maximum atomic E-state index is 10.6. The number of hydrogen-bond donors (Lipinski definition) is 4. The van der Waals surface area contributed by atoms with Crippen molar-refractivity contribution < 1.29 is 28.7 Å². The average Bonchev–Trinajstić information content (AvgIpc) is 2.27. The molecule has 0 radical (unpaired) electrons. The number of nitrogens with zero attached hydrogens (tertiary/aromatic N) is 2. The van der Waals surface area contributed by atoms with Crippen LogP contribution >= 0.6 is 15.3 Å². The Bertz CT molecular complexity index is 363. The van der Waals surface area contributed by atoms with Crippen molar-refractivity contribution in [2.24, 2.45) is 0 Å². The Morgan fingerprint density at radius 2 is 1.77 bits per heavy atom. The van der Waals surface area contributed by atoms with Crippen LogP contribution < -0.4 is 5.57 Å². The minimum Gasteiger partial charge on any atom is -0.319 e. The topological polar surface area (TPSA) is 133 Å². The predicted molar refractivity (Wildman–Crippen MR) is 41.3 cm³/mol. The normalized spacial score (nSPS) is 13.2. The first-order valence-corrected chi connectivity index (χ1v) is 6.06. The quantitative estimate of drug-likeness (QED) is 0.458. The molecule has 4 N–H and O–H groups in total. The molecule has 0 saturated carbocycles. The summed E-state index contributed by atoms with van der Waals surface area (Å²) in [6, 6.07) is 0. The van der Waals surface area contributed by atoms with Crippen LogP contribution in [0.1, 0.15) is 0 Å². The summed E-state index contributed by atoms with van der Waals surface area (Å²) >= 11 is 0. The van der Waals surface area contributed by atoms with E-state index in [2.05, 4.69) is 4.98 Å². The summed E-state index contributed by atoms with van der Waals surface area (Å²) in [5.41, 5.74) is -0.944. The van der Waals surface area contributed by atoms with Crippen molar-refractivity contribution in [3.8, 4) is 0 Å². The molecule has 10 heteroatoms. The van der Waals surface area contributed by atoms with Crippen LogP contribution in [0.2, 0.25) is 0 Å². The van der Waals surface area contributed by atoms with Gasteiger partial charge in [-0.05, 0) is 0 Å². The fraction of sp³-hybridized carbons (Fsp3) is 0. The van der Waals surface area contributed by atoms with Crippen molar-refractivity contribution in [2.75, 3.05) is 0 Å². The van der Waals surface area contributed by atoms with E-state index in [1.165, 1.54) is 0 Å². The maximum Gasteiger partial charge on any atom is 0.435 e. The van der Waals surface area contributed by atoms with Gasteiger partial charge in [-0.25, -0.2) is 13.9 Å². The lowest BCUT2D eigenvalue weighted by Crippen LogP contribution is -2.17. The minimum atomic E-state index is -4.74. The van der Waals surface area contributed by atoms with Crippen molar-refractivity contribution in [1.29, 1.82) is 0 Å². The Labute approximate surface area is 72.2 Å². The van der Waals surface area contributed by atoms with Gasteiger partial charge in [-0.2, -0.15) is 0 Å². The predicted octanol–water partition coefficient (Wildman–Crippen LogP) is -1.37. The van der Waals surface area contributed by atoms with E-state index in [0.717, 1.165) is 12.4 Å². The fourth-order valence-corrected chi connectivity index (χ4v) is 2.47. The second-order valence-corrected chi connectivity index (χ2v) is 5.07. The van der Waals surface area contributed by atoms with Gasteiger partial charge in [-0.15, -0.1) is 0 Å². The molecule has 0 aliphatic heterocycles. The molecule has 1 aromatic rings. The lowest BCUT2D eigenvalue weighted by Gasteiger charge is -2.08. The van der Waals surface area contributed by atoms with Gasteiger partial charge in [0.2, 0.25) is 5.57 Å². The van der Waals surface area contributed by atoms with Crippen LogP contribution in [-0.4, -0.2) is 28.9 Å². The molecular weight excluding hydrogens is 222 g/mol. The highest BCUT2D eigenvalue weighted by atomic mass is 31.2. The van der Waals surface area contributed by atoms with Crippen molar-refractivity contribution in [1.82, 2.24) is 9.32 Å². The molecule has 0 fully saturated rings. The Balaban J connectivity index is 3.35. The van der Waals surface area contributed by atoms with Crippen LogP contribution in [0, 0.1) is 0 Å². The summed E-state index contributed by atoms with van der Waals surface area (Å²) in [5, 5.41) is 0. The van der Waals surface area contributed by atoms with E-state index in [-0.39, 0.29) is 4.34 Å². The van der Waals surface area contributed by atoms with E-state index in [1.807, 2.05) is 0 Å². The van der Waals surface area contributed by atoms with Crippen LogP contribution in [0.15, 0.2) is 12.4 Å². The molecule has 0 aromatic carbocycles. The standard InChI is InChI=1S/C3H6N2O6P2/c6-12(7,8)3-4-1-2-5(3)13(9,10)11/h1-2H,(H2,6,7,8)(H2,9,10,11). The summed E-state index contributed by atoms with van der Waals surface area (Å²) in [7, 11) is -9.49. The second-order valence-electron chi connectivity index (χ2n) is 2.13. The summed E-state index contributed by atoms with van der Waals surface area (Å²) in [6.07, 6.45) is 1.70. The van der Waals surface area contributed by atoms with E-state index in [4.69, 9.17) is 19.6 Å². The number of hydrogen-bond acceptors (Lipinski definition) is 3. The van der Waals surface area contributed by atoms with Gasteiger partial charge < -0.3 is 19.6 Å². The first-order chi connectivity index (χ1) is 5.73. The van der Waals surface area contributed by atoms with E-state index in [1.54, 1.807) is 0 Å². The molecule has 0 spiro atoms. The lowest BCUT2D eigenvalue weighted by molar-refractivity contribution is 0.357. The van der Waals surface area contributed by atoms with Gasteiger partial charge in [0.1, 0.15) is 0 Å². The largest absolute Gasteiger partial charge is 0.435 e. The third kappa shape index (κ3) is 2.25. The zero-order valence-electron chi connectivity index (χ0n) is 6.05. The third-order valence-electron chi connectivity index (χ3n) is 1.14. The van der Waals surface area contributed by atoms with E-state index >= 15 is 0 Å². The highest BCUT2D eigenvalue weighted by Crippen LogP contribution is 2.41. The van der Waals surface area contributed by atoms with Crippen LogP contribution in [0.25, 0.3) is 0 Å². The third-order valence-corrected chi connectivity index (χ3v) is 3.04. The molecule has 0 aliphatic rings. The second kappa shape index (κ2) is 3.02. The van der Waals surface area contributed by atoms with Crippen molar-refractivity contribution in [3.63, 3.8) is 0 Å². The first kappa shape index (κ1) is 10.6. The summed E-state index contributed by atoms with van der Waals surface area (Å²) in [6.45, 7) is 0. The summed E-state index contributed by atoms with van der Waals surface area (Å²) in [4.78, 5) is 37.6. The van der Waals surface area contributed by atoms with Crippen LogP contribution in [0.5, 0.6) is 0 Å². The van der Waals surface area contributed by atoms with Crippen LogP contribution in [0.4, 0.5) is 0 Å². The van der Waals surface area contributed by atoms with Gasteiger partial charge in [-0.3, -0.25) is 4.57 Å². The molecule has 0 saturated heterocycles. The van der Waals surface area contributed by atoms with Gasteiger partial charge in [-0.1, -0.05) is 0 Å². The highest BCUT2D eigenvalue weighted by Gasteiger charge is 2.30. The van der Waals surface area contributed by atoms with Gasteiger partial charge in [0.05, 0.1) is 0 Å². The van der Waals surface area contributed by atoms with Gasteiger partial charge in [0.25, 0.3) is 0 Å². The zero-order valence-corrected chi connectivity index (χ0v) is 7.84. The summed E-state index contributed by atoms with van der Waals surface area (Å²) in [5.74, 6) is 0. The first-order valence-electron chi connectivity index (χ1n) is 2.89. The molecule has 74 valence electrons. The van der Waals surface area contributed by atoms with Crippen molar-refractivity contribution in [2.45, 2.75) is 0 Å². The monoisotopic (exact) mass is 228 g/mol. The Hall–Kier alpha value is -0.490. The maximum absolute atomic E-state index is 10.6. The van der Waals surface area contributed by atoms with Gasteiger partial charge in [0.15, 0.2) is 0 Å². The van der Waals surface area contributed by atoms with Crippen LogP contribution in [0.3, 0.4) is 0 Å². The smallest absolute Gasteiger partial charge is 0.319 e. The lowest BCUT2D eigenvalue weighted by atomic mass is 11.0. The van der Waals surface area contributed by atoms with Crippen molar-refractivity contribution in [3.05, 3.63) is 12.4 Å². The molecule has 0 amide bonds. The number of imidazole rings is 1. The molecular formula is C3H6N2O6P2. The number of rotatable bonds is 2. The van der Waals surface area contributed by atoms with E-state index in [0.29, 0.717) is 0 Å². The van der Waals surface area contributed by atoms with Crippen LogP contribution in [-0.2, 0) is 9.13 Å². The van der Waals surface area contributed by atoms with E-state index in [9.17, 15) is 9.13 Å². The Morgan fingerprint density at radius 1 is 1.23 bits per heavy atom. The molecule has 13 heavy (non-hydrogen) atoms. The Kier molecular flexibility index (Phi) is 2.46. The molecule has 1 aromatic heterocycles.